The Kier molecular flexibility index (Phi) is 4.13. The number of nitrogens with two attached hydrogens (primary N) is 2. The van der Waals surface area contributed by atoms with Gasteiger partial charge >= 0.3 is 0 Å². The molecule has 4 N–H and O–H groups in total. The Morgan fingerprint density at radius 1 is 1.42 bits per heavy atom. The number of halogens is 1. The van der Waals surface area contributed by atoms with Crippen LogP contribution in [0.5, 0.6) is 0 Å². The molecule has 4 nitrogen and oxygen atoms in total. The zero-order valence-electron chi connectivity index (χ0n) is 11.9. The molecular weight excluding hydrogens is 243 g/mol. The van der Waals surface area contributed by atoms with Crippen molar-refractivity contribution in [3.63, 3.8) is 0 Å². The van der Waals surface area contributed by atoms with Crippen molar-refractivity contribution in [3.8, 4) is 0 Å². The Morgan fingerprint density at radius 2 is 2.11 bits per heavy atom. The van der Waals surface area contributed by atoms with E-state index in [-0.39, 0.29) is 6.04 Å². The van der Waals surface area contributed by atoms with Gasteiger partial charge in [0, 0.05) is 25.3 Å². The number of allylic oxidation sites excluding steroid dienone is 1. The molecule has 2 unspecified atom stereocenters. The van der Waals surface area contributed by atoms with E-state index in [0.717, 1.165) is 13.0 Å². The van der Waals surface area contributed by atoms with Crippen molar-refractivity contribution < 1.29 is 4.39 Å². The monoisotopic (exact) mass is 268 g/mol. The van der Waals surface area contributed by atoms with E-state index in [0.29, 0.717) is 24.0 Å². The first-order valence-corrected chi connectivity index (χ1v) is 7.09. The van der Waals surface area contributed by atoms with Crippen LogP contribution in [-0.4, -0.2) is 41.5 Å². The quantitative estimate of drug-likeness (QED) is 0.763. The molecule has 0 aromatic carbocycles. The predicted octanol–water partition coefficient (Wildman–Crippen LogP) is 1.56. The van der Waals surface area contributed by atoms with Crippen LogP contribution in [0.4, 0.5) is 4.39 Å². The normalized spacial score (nSPS) is 35.2. The molecule has 0 amide bonds. The van der Waals surface area contributed by atoms with E-state index >= 15 is 0 Å². The van der Waals surface area contributed by atoms with Crippen molar-refractivity contribution in [3.05, 3.63) is 11.9 Å². The standard InChI is InChI=1S/C14H25FN4/c1-10(12(17)8-16)18-13-6-7-19(9-14(13,2)15)11-4-3-5-11/h8,11,13H,3-7,9,16-17H2,1-2H3. The summed E-state index contributed by atoms with van der Waals surface area (Å²) in [6.07, 6.45) is 5.77. The highest BCUT2D eigenvalue weighted by Gasteiger charge is 2.42. The van der Waals surface area contributed by atoms with Gasteiger partial charge in [0.15, 0.2) is 0 Å². The fourth-order valence-corrected chi connectivity index (χ4v) is 2.86. The van der Waals surface area contributed by atoms with Gasteiger partial charge in [0.05, 0.1) is 17.5 Å². The summed E-state index contributed by atoms with van der Waals surface area (Å²) in [5, 5.41) is 0. The first kappa shape index (κ1) is 14.3. The van der Waals surface area contributed by atoms with Gasteiger partial charge in [-0.05, 0) is 33.1 Å². The maximum absolute atomic E-state index is 14.8. The highest BCUT2D eigenvalue weighted by molar-refractivity contribution is 5.97. The third kappa shape index (κ3) is 3.08. The largest absolute Gasteiger partial charge is 0.403 e. The van der Waals surface area contributed by atoms with Gasteiger partial charge < -0.3 is 11.5 Å². The van der Waals surface area contributed by atoms with Crippen LogP contribution in [-0.2, 0) is 0 Å². The number of piperidine rings is 1. The van der Waals surface area contributed by atoms with Gasteiger partial charge in [0.25, 0.3) is 0 Å². The molecule has 2 atom stereocenters. The summed E-state index contributed by atoms with van der Waals surface area (Å²) in [5.41, 5.74) is 10.8. The van der Waals surface area contributed by atoms with Crippen molar-refractivity contribution in [1.29, 1.82) is 0 Å². The van der Waals surface area contributed by atoms with Crippen LogP contribution in [0.1, 0.15) is 39.5 Å². The number of likely N-dealkylation sites (tertiary alicyclic amines) is 1. The molecule has 2 aliphatic rings. The number of hydrogen-bond donors (Lipinski definition) is 2. The molecule has 1 aliphatic heterocycles. The minimum Gasteiger partial charge on any atom is -0.403 e. The van der Waals surface area contributed by atoms with Crippen LogP contribution >= 0.6 is 0 Å². The minimum atomic E-state index is -1.29. The minimum absolute atomic E-state index is 0.317. The molecule has 0 bridgehead atoms. The third-order valence-corrected chi connectivity index (χ3v) is 4.43. The summed E-state index contributed by atoms with van der Waals surface area (Å²) in [6.45, 7) is 4.85. The highest BCUT2D eigenvalue weighted by atomic mass is 19.1. The molecule has 0 aromatic heterocycles. The van der Waals surface area contributed by atoms with Gasteiger partial charge in [-0.1, -0.05) is 6.42 Å². The second kappa shape index (κ2) is 5.49. The third-order valence-electron chi connectivity index (χ3n) is 4.43. The Balaban J connectivity index is 2.03. The maximum atomic E-state index is 14.8. The molecule has 1 saturated heterocycles. The predicted molar refractivity (Wildman–Crippen MR) is 76.7 cm³/mol. The first-order valence-electron chi connectivity index (χ1n) is 7.09. The molecule has 1 heterocycles. The fraction of sp³-hybridized carbons (Fsp3) is 0.786. The summed E-state index contributed by atoms with van der Waals surface area (Å²) < 4.78 is 14.8. The average Bonchev–Trinajstić information content (AvgIpc) is 2.28. The summed E-state index contributed by atoms with van der Waals surface area (Å²) in [4.78, 5) is 6.72. The van der Waals surface area contributed by atoms with Crippen LogP contribution in [0, 0.1) is 0 Å². The number of rotatable bonds is 3. The molecule has 2 fully saturated rings. The van der Waals surface area contributed by atoms with E-state index < -0.39 is 5.67 Å². The van der Waals surface area contributed by atoms with Gasteiger partial charge in [0.2, 0.25) is 0 Å². The lowest BCUT2D eigenvalue weighted by Crippen LogP contribution is -2.56. The average molecular weight is 268 g/mol. The molecule has 1 saturated carbocycles. The molecule has 0 spiro atoms. The Bertz CT molecular complexity index is 385. The van der Waals surface area contributed by atoms with Crippen molar-refractivity contribution in [2.75, 3.05) is 13.1 Å². The van der Waals surface area contributed by atoms with E-state index in [1.54, 1.807) is 13.8 Å². The lowest BCUT2D eigenvalue weighted by molar-refractivity contribution is -0.000209. The number of nitrogens with zero attached hydrogens (tertiary/aromatic N) is 2. The molecule has 2 rings (SSSR count). The zero-order chi connectivity index (χ0) is 14.0. The van der Waals surface area contributed by atoms with Crippen LogP contribution in [0.15, 0.2) is 16.9 Å². The van der Waals surface area contributed by atoms with Crippen molar-refractivity contribution in [2.45, 2.75) is 57.3 Å². The zero-order valence-corrected chi connectivity index (χ0v) is 11.9. The van der Waals surface area contributed by atoms with E-state index in [1.165, 1.54) is 25.5 Å². The van der Waals surface area contributed by atoms with Crippen molar-refractivity contribution in [1.82, 2.24) is 4.90 Å². The molecule has 1 aliphatic carbocycles. The summed E-state index contributed by atoms with van der Waals surface area (Å²) >= 11 is 0. The van der Waals surface area contributed by atoms with Gasteiger partial charge in [0.1, 0.15) is 5.67 Å². The summed E-state index contributed by atoms with van der Waals surface area (Å²) in [7, 11) is 0. The Morgan fingerprint density at radius 3 is 2.58 bits per heavy atom. The van der Waals surface area contributed by atoms with Crippen LogP contribution in [0.25, 0.3) is 0 Å². The fourth-order valence-electron chi connectivity index (χ4n) is 2.86. The number of hydrogen-bond acceptors (Lipinski definition) is 4. The van der Waals surface area contributed by atoms with Gasteiger partial charge in [-0.3, -0.25) is 9.89 Å². The molecule has 19 heavy (non-hydrogen) atoms. The van der Waals surface area contributed by atoms with Crippen molar-refractivity contribution >= 4 is 5.71 Å². The van der Waals surface area contributed by atoms with Gasteiger partial charge in [-0.15, -0.1) is 0 Å². The van der Waals surface area contributed by atoms with Gasteiger partial charge in [-0.25, -0.2) is 4.39 Å². The van der Waals surface area contributed by atoms with Gasteiger partial charge in [-0.2, -0.15) is 0 Å². The van der Waals surface area contributed by atoms with E-state index in [1.807, 2.05) is 0 Å². The first-order chi connectivity index (χ1) is 8.94. The van der Waals surface area contributed by atoms with E-state index in [2.05, 4.69) is 9.89 Å². The summed E-state index contributed by atoms with van der Waals surface area (Å²) in [5.74, 6) is 0. The smallest absolute Gasteiger partial charge is 0.143 e. The lowest BCUT2D eigenvalue weighted by Gasteiger charge is -2.46. The summed E-state index contributed by atoms with van der Waals surface area (Å²) in [6, 6.07) is 0.275. The van der Waals surface area contributed by atoms with Crippen LogP contribution < -0.4 is 11.5 Å². The second-order valence-corrected chi connectivity index (χ2v) is 5.97. The van der Waals surface area contributed by atoms with E-state index in [4.69, 9.17) is 11.5 Å². The second-order valence-electron chi connectivity index (χ2n) is 5.97. The van der Waals surface area contributed by atoms with Crippen LogP contribution in [0.3, 0.4) is 0 Å². The number of alkyl halides is 1. The molecule has 0 radical (unpaired) electrons. The topological polar surface area (TPSA) is 67.6 Å². The molecule has 5 heteroatoms. The molecule has 0 aromatic rings. The molecular formula is C14H25FN4. The molecule has 108 valence electrons. The maximum Gasteiger partial charge on any atom is 0.143 e. The van der Waals surface area contributed by atoms with E-state index in [9.17, 15) is 4.39 Å². The Hall–Kier alpha value is -1.10. The lowest BCUT2D eigenvalue weighted by atomic mass is 9.85. The van der Waals surface area contributed by atoms with Crippen molar-refractivity contribution in [2.24, 2.45) is 16.5 Å². The Labute approximate surface area is 114 Å². The number of aliphatic imine (C=N–C) groups is 1. The SMILES string of the molecule is CC(=NC1CCN(C2CCC2)CC1(C)F)C(N)=CN. The van der Waals surface area contributed by atoms with Crippen LogP contribution in [0.2, 0.25) is 0 Å². The highest BCUT2D eigenvalue weighted by Crippen LogP contribution is 2.34.